The Morgan fingerprint density at radius 2 is 1.96 bits per heavy atom. The Morgan fingerprint density at radius 3 is 2.54 bits per heavy atom. The highest BCUT2D eigenvalue weighted by atomic mass is 32.1. The van der Waals surface area contributed by atoms with Crippen LogP contribution in [0.5, 0.6) is 0 Å². The van der Waals surface area contributed by atoms with Crippen LogP contribution >= 0.6 is 11.3 Å². The van der Waals surface area contributed by atoms with Crippen molar-refractivity contribution < 1.29 is 14.7 Å². The number of aliphatic carboxylic acids is 1. The molecule has 1 aliphatic rings. The van der Waals surface area contributed by atoms with Crippen LogP contribution < -0.4 is 4.90 Å². The molecule has 0 unspecified atom stereocenters. The number of benzene rings is 1. The molecule has 3 rings (SSSR count). The second-order valence-electron chi connectivity index (χ2n) is 6.36. The summed E-state index contributed by atoms with van der Waals surface area (Å²) in [6, 6.07) is 11.8. The van der Waals surface area contributed by atoms with E-state index in [0.29, 0.717) is 6.42 Å². The van der Waals surface area contributed by atoms with Crippen LogP contribution in [0, 0.1) is 0 Å². The molecule has 6 nitrogen and oxygen atoms in total. The van der Waals surface area contributed by atoms with Gasteiger partial charge >= 0.3 is 5.97 Å². The number of carbonyl (C=O) groups excluding carboxylic acids is 1. The van der Waals surface area contributed by atoms with E-state index in [-0.39, 0.29) is 24.8 Å². The van der Waals surface area contributed by atoms with E-state index in [4.69, 9.17) is 5.11 Å². The van der Waals surface area contributed by atoms with Crippen molar-refractivity contribution in [1.29, 1.82) is 0 Å². The Kier molecular flexibility index (Phi) is 5.37. The predicted octanol–water partition coefficient (Wildman–Crippen LogP) is 3.36. The first kappa shape index (κ1) is 18.1. The fourth-order valence-electron chi connectivity index (χ4n) is 2.91. The van der Waals surface area contributed by atoms with Crippen molar-refractivity contribution in [2.24, 2.45) is 5.10 Å². The first-order valence-electron chi connectivity index (χ1n) is 8.38. The van der Waals surface area contributed by atoms with Gasteiger partial charge in [0.2, 0.25) is 5.91 Å². The highest BCUT2D eigenvalue weighted by Crippen LogP contribution is 2.35. The van der Waals surface area contributed by atoms with Gasteiger partial charge in [-0.15, -0.1) is 11.3 Å². The minimum absolute atomic E-state index is 0.0527. The summed E-state index contributed by atoms with van der Waals surface area (Å²) in [5.74, 6) is -1.24. The highest BCUT2D eigenvalue weighted by molar-refractivity contribution is 7.12. The monoisotopic (exact) mass is 371 g/mol. The molecule has 1 amide bonds. The number of carboxylic acid groups (broad SMARTS) is 1. The third kappa shape index (κ3) is 3.94. The van der Waals surface area contributed by atoms with Gasteiger partial charge in [-0.05, 0) is 29.1 Å². The molecule has 0 saturated carbocycles. The van der Waals surface area contributed by atoms with Gasteiger partial charge in [0.05, 0.1) is 23.1 Å². The molecule has 0 radical (unpaired) electrons. The molecular formula is C19H21N3O3S. The van der Waals surface area contributed by atoms with Crippen molar-refractivity contribution in [3.63, 3.8) is 0 Å². The van der Waals surface area contributed by atoms with E-state index in [9.17, 15) is 9.59 Å². The van der Waals surface area contributed by atoms with E-state index in [1.807, 2.05) is 60.8 Å². The van der Waals surface area contributed by atoms with E-state index in [1.165, 1.54) is 5.01 Å². The molecule has 136 valence electrons. The number of carboxylic acids is 1. The third-order valence-corrected chi connectivity index (χ3v) is 5.24. The summed E-state index contributed by atoms with van der Waals surface area (Å²) in [5.41, 5.74) is 2.94. The number of hydrogen-bond acceptors (Lipinski definition) is 5. The maximum Gasteiger partial charge on any atom is 0.303 e. The van der Waals surface area contributed by atoms with Crippen molar-refractivity contribution in [2.75, 3.05) is 19.0 Å². The molecule has 1 aromatic heterocycles. The van der Waals surface area contributed by atoms with Crippen LogP contribution in [-0.2, 0) is 9.59 Å². The molecular weight excluding hydrogens is 350 g/mol. The summed E-state index contributed by atoms with van der Waals surface area (Å²) >= 11 is 1.59. The van der Waals surface area contributed by atoms with Crippen molar-refractivity contribution in [1.82, 2.24) is 5.01 Å². The molecule has 0 saturated heterocycles. The van der Waals surface area contributed by atoms with Gasteiger partial charge in [0.25, 0.3) is 0 Å². The van der Waals surface area contributed by atoms with E-state index in [2.05, 4.69) is 5.10 Å². The average Bonchev–Trinajstić information content (AvgIpc) is 3.29. The predicted molar refractivity (Wildman–Crippen MR) is 103 cm³/mol. The first-order valence-corrected chi connectivity index (χ1v) is 9.26. The number of carbonyl (C=O) groups is 2. The lowest BCUT2D eigenvalue weighted by atomic mass is 10.0. The van der Waals surface area contributed by atoms with Gasteiger partial charge in [0.15, 0.2) is 0 Å². The van der Waals surface area contributed by atoms with Gasteiger partial charge in [-0.25, -0.2) is 5.01 Å². The SMILES string of the molecule is CN(C)c1ccc([C@H]2CC(c3cccs3)=NN2C(=O)CCC(=O)O)cc1. The summed E-state index contributed by atoms with van der Waals surface area (Å²) in [5, 5.41) is 16.8. The first-order chi connectivity index (χ1) is 12.5. The zero-order chi connectivity index (χ0) is 18.7. The van der Waals surface area contributed by atoms with Crippen LogP contribution in [0.2, 0.25) is 0 Å². The maximum absolute atomic E-state index is 12.6. The van der Waals surface area contributed by atoms with E-state index in [0.717, 1.165) is 21.8 Å². The van der Waals surface area contributed by atoms with E-state index in [1.54, 1.807) is 11.3 Å². The van der Waals surface area contributed by atoms with Gasteiger partial charge in [-0.1, -0.05) is 18.2 Å². The van der Waals surface area contributed by atoms with Gasteiger partial charge in [0, 0.05) is 32.6 Å². The number of hydrogen-bond donors (Lipinski definition) is 1. The minimum atomic E-state index is -0.980. The van der Waals surface area contributed by atoms with Gasteiger partial charge < -0.3 is 10.0 Å². The van der Waals surface area contributed by atoms with Crippen LogP contribution in [0.15, 0.2) is 46.9 Å². The van der Waals surface area contributed by atoms with Gasteiger partial charge in [0.1, 0.15) is 0 Å². The highest BCUT2D eigenvalue weighted by Gasteiger charge is 2.33. The zero-order valence-corrected chi connectivity index (χ0v) is 15.6. The van der Waals surface area contributed by atoms with Crippen LogP contribution in [-0.4, -0.2) is 41.8 Å². The lowest BCUT2D eigenvalue weighted by molar-refractivity contribution is -0.141. The van der Waals surface area contributed by atoms with Crippen molar-refractivity contribution in [3.05, 3.63) is 52.2 Å². The molecule has 0 aliphatic carbocycles. The Morgan fingerprint density at radius 1 is 1.23 bits per heavy atom. The van der Waals surface area contributed by atoms with E-state index < -0.39 is 5.97 Å². The largest absolute Gasteiger partial charge is 0.481 e. The minimum Gasteiger partial charge on any atom is -0.481 e. The van der Waals surface area contributed by atoms with Crippen molar-refractivity contribution in [3.8, 4) is 0 Å². The Balaban J connectivity index is 1.86. The summed E-state index contributed by atoms with van der Waals surface area (Å²) in [7, 11) is 3.95. The molecule has 26 heavy (non-hydrogen) atoms. The lowest BCUT2D eigenvalue weighted by Crippen LogP contribution is -2.27. The second kappa shape index (κ2) is 7.70. The van der Waals surface area contributed by atoms with Crippen LogP contribution in [0.4, 0.5) is 5.69 Å². The summed E-state index contributed by atoms with van der Waals surface area (Å²) in [6.45, 7) is 0. The summed E-state index contributed by atoms with van der Waals surface area (Å²) in [6.07, 6.45) is 0.384. The molecule has 0 fully saturated rings. The normalized spacial score (nSPS) is 16.5. The van der Waals surface area contributed by atoms with Crippen molar-refractivity contribution in [2.45, 2.75) is 25.3 Å². The molecule has 1 aromatic carbocycles. The number of thiophene rings is 1. The van der Waals surface area contributed by atoms with Crippen LogP contribution in [0.25, 0.3) is 0 Å². The Labute approximate surface area is 156 Å². The standard InChI is InChI=1S/C19H21N3O3S/c1-21(2)14-7-5-13(6-8-14)16-12-15(17-4-3-11-26-17)20-22(16)18(23)9-10-19(24)25/h3-8,11,16H,9-10,12H2,1-2H3,(H,24,25)/t16-/m1/s1. The Hall–Kier alpha value is -2.67. The molecule has 1 atom stereocenters. The topological polar surface area (TPSA) is 73.2 Å². The average molecular weight is 371 g/mol. The Bertz CT molecular complexity index is 813. The number of hydrazone groups is 1. The molecule has 2 aromatic rings. The summed E-state index contributed by atoms with van der Waals surface area (Å²) in [4.78, 5) is 26.4. The number of anilines is 1. The van der Waals surface area contributed by atoms with E-state index >= 15 is 0 Å². The fraction of sp³-hybridized carbons (Fsp3) is 0.316. The third-order valence-electron chi connectivity index (χ3n) is 4.32. The molecule has 1 aliphatic heterocycles. The maximum atomic E-state index is 12.6. The van der Waals surface area contributed by atoms with Gasteiger partial charge in [-0.3, -0.25) is 9.59 Å². The molecule has 1 N–H and O–H groups in total. The molecule has 0 spiro atoms. The number of rotatable bonds is 6. The lowest BCUT2D eigenvalue weighted by Gasteiger charge is -2.22. The molecule has 0 bridgehead atoms. The van der Waals surface area contributed by atoms with Crippen LogP contribution in [0.3, 0.4) is 0 Å². The number of nitrogens with zero attached hydrogens (tertiary/aromatic N) is 3. The van der Waals surface area contributed by atoms with Crippen molar-refractivity contribution >= 4 is 34.6 Å². The fourth-order valence-corrected chi connectivity index (χ4v) is 3.64. The zero-order valence-electron chi connectivity index (χ0n) is 14.8. The quantitative estimate of drug-likeness (QED) is 0.845. The smallest absolute Gasteiger partial charge is 0.303 e. The molecule has 2 heterocycles. The number of amides is 1. The molecule has 7 heteroatoms. The van der Waals surface area contributed by atoms with Gasteiger partial charge in [-0.2, -0.15) is 5.10 Å². The van der Waals surface area contributed by atoms with Crippen LogP contribution in [0.1, 0.15) is 35.7 Å². The summed E-state index contributed by atoms with van der Waals surface area (Å²) < 4.78 is 0. The second-order valence-corrected chi connectivity index (χ2v) is 7.31.